The molecule has 0 radical (unpaired) electrons. The van der Waals surface area contributed by atoms with Crippen LogP contribution < -0.4 is 10.2 Å². The Morgan fingerprint density at radius 2 is 1.70 bits per heavy atom. The first-order valence-electron chi connectivity index (χ1n) is 9.53. The summed E-state index contributed by atoms with van der Waals surface area (Å²) in [5, 5.41) is 2.19. The van der Waals surface area contributed by atoms with E-state index in [2.05, 4.69) is 51.1 Å². The van der Waals surface area contributed by atoms with Gasteiger partial charge in [0.1, 0.15) is 12.4 Å². The van der Waals surface area contributed by atoms with Crippen LogP contribution in [0, 0.1) is 0 Å². The van der Waals surface area contributed by atoms with Crippen molar-refractivity contribution >= 4 is 23.4 Å². The molecule has 1 fully saturated rings. The second kappa shape index (κ2) is 7.38. The van der Waals surface area contributed by atoms with Gasteiger partial charge in [0.15, 0.2) is 0 Å². The highest BCUT2D eigenvalue weighted by molar-refractivity contribution is 6.64. The van der Waals surface area contributed by atoms with Gasteiger partial charge < -0.3 is 14.0 Å². The minimum Gasteiger partial charge on any atom is -0.488 e. The van der Waals surface area contributed by atoms with E-state index in [1.165, 1.54) is 0 Å². The molecule has 0 aromatic heterocycles. The minimum atomic E-state index is -0.364. The van der Waals surface area contributed by atoms with E-state index in [0.717, 1.165) is 34.0 Å². The lowest BCUT2D eigenvalue weighted by Gasteiger charge is -2.38. The molecule has 0 bridgehead atoms. The summed E-state index contributed by atoms with van der Waals surface area (Å²) in [6.07, 6.45) is 1.05. The molecule has 1 aliphatic heterocycles. The van der Waals surface area contributed by atoms with Crippen LogP contribution in [-0.2, 0) is 15.9 Å². The normalized spacial score (nSPS) is 19.2. The van der Waals surface area contributed by atoms with Crippen molar-refractivity contribution in [3.63, 3.8) is 0 Å². The average molecular weight is 360 g/mol. The fraction of sp³-hybridized carbons (Fsp3) is 0.304. The Hall–Kier alpha value is -2.30. The maximum Gasteiger partial charge on any atom is 0.495 e. The number of rotatable bonds is 4. The molecule has 27 heavy (non-hydrogen) atoms. The van der Waals surface area contributed by atoms with Crippen LogP contribution in [0.1, 0.15) is 32.8 Å². The molecule has 138 valence electrons. The van der Waals surface area contributed by atoms with Gasteiger partial charge in [-0.25, -0.2) is 0 Å². The summed E-state index contributed by atoms with van der Waals surface area (Å²) in [4.78, 5) is 0. The summed E-state index contributed by atoms with van der Waals surface area (Å²) < 4.78 is 18.5. The minimum absolute atomic E-state index is 0.159. The van der Waals surface area contributed by atoms with Gasteiger partial charge in [0.05, 0.1) is 5.60 Å². The van der Waals surface area contributed by atoms with E-state index in [1.54, 1.807) is 0 Å². The number of hydrogen-bond donors (Lipinski definition) is 0. The van der Waals surface area contributed by atoms with Crippen LogP contribution in [0.3, 0.4) is 0 Å². The second-order valence-electron chi connectivity index (χ2n) is 7.83. The molecule has 1 aliphatic rings. The van der Waals surface area contributed by atoms with Gasteiger partial charge in [-0.05, 0) is 49.7 Å². The molecule has 4 rings (SSSR count). The van der Waals surface area contributed by atoms with Crippen molar-refractivity contribution in [1.82, 2.24) is 0 Å². The third kappa shape index (κ3) is 4.02. The zero-order chi connectivity index (χ0) is 18.9. The van der Waals surface area contributed by atoms with Crippen LogP contribution in [0.25, 0.3) is 10.8 Å². The van der Waals surface area contributed by atoms with Gasteiger partial charge in [0.25, 0.3) is 0 Å². The van der Waals surface area contributed by atoms with Crippen molar-refractivity contribution in [1.29, 1.82) is 0 Å². The molecule has 0 N–H and O–H groups in total. The second-order valence-corrected chi connectivity index (χ2v) is 7.83. The maximum absolute atomic E-state index is 6.24. The molecule has 0 unspecified atom stereocenters. The van der Waals surface area contributed by atoms with Gasteiger partial charge in [0.2, 0.25) is 0 Å². The molecule has 0 amide bonds. The first-order valence-corrected chi connectivity index (χ1v) is 9.53. The van der Waals surface area contributed by atoms with Gasteiger partial charge in [-0.1, -0.05) is 60.7 Å². The summed E-state index contributed by atoms with van der Waals surface area (Å²) in [6.45, 7) is 6.90. The summed E-state index contributed by atoms with van der Waals surface area (Å²) in [5.41, 5.74) is 2.00. The van der Waals surface area contributed by atoms with Gasteiger partial charge in [0, 0.05) is 11.5 Å². The Labute approximate surface area is 161 Å². The predicted octanol–water partition coefficient (Wildman–Crippen LogP) is 4.72. The summed E-state index contributed by atoms with van der Waals surface area (Å²) in [5.74, 6) is 0.876. The van der Waals surface area contributed by atoms with Crippen LogP contribution in [0.15, 0.2) is 66.7 Å². The molecule has 3 nitrogen and oxygen atoms in total. The molecule has 0 aliphatic carbocycles. The van der Waals surface area contributed by atoms with Gasteiger partial charge >= 0.3 is 7.12 Å². The summed E-state index contributed by atoms with van der Waals surface area (Å²) in [6, 6.07) is 22.6. The molecule has 3 aromatic carbocycles. The molecule has 1 atom stereocenters. The zero-order valence-corrected chi connectivity index (χ0v) is 16.1. The van der Waals surface area contributed by atoms with E-state index in [0.29, 0.717) is 6.61 Å². The average Bonchev–Trinajstić information content (AvgIpc) is 2.65. The number of ether oxygens (including phenoxy) is 1. The van der Waals surface area contributed by atoms with E-state index < -0.39 is 0 Å². The predicted molar refractivity (Wildman–Crippen MR) is 110 cm³/mol. The number of benzene rings is 3. The Balaban J connectivity index is 1.66. The molecule has 1 saturated heterocycles. The van der Waals surface area contributed by atoms with Crippen LogP contribution in [-0.4, -0.2) is 18.8 Å². The van der Waals surface area contributed by atoms with Gasteiger partial charge in [-0.3, -0.25) is 0 Å². The highest BCUT2D eigenvalue weighted by atomic mass is 16.6. The summed E-state index contributed by atoms with van der Waals surface area (Å²) >= 11 is 0. The third-order valence-corrected chi connectivity index (χ3v) is 4.97. The van der Waals surface area contributed by atoms with Crippen LogP contribution in [0.4, 0.5) is 0 Å². The molecular weight excluding hydrogens is 335 g/mol. The first kappa shape index (κ1) is 18.1. The van der Waals surface area contributed by atoms with Crippen molar-refractivity contribution in [3.8, 4) is 5.75 Å². The Morgan fingerprint density at radius 1 is 0.963 bits per heavy atom. The van der Waals surface area contributed by atoms with Crippen LogP contribution in [0.2, 0.25) is 0 Å². The monoisotopic (exact) mass is 360 g/mol. The van der Waals surface area contributed by atoms with E-state index in [4.69, 9.17) is 14.0 Å². The van der Waals surface area contributed by atoms with E-state index in [1.807, 2.05) is 36.4 Å². The highest BCUT2D eigenvalue weighted by Gasteiger charge is 2.38. The quantitative estimate of drug-likeness (QED) is 0.631. The van der Waals surface area contributed by atoms with Crippen molar-refractivity contribution in [2.45, 2.75) is 45.5 Å². The van der Waals surface area contributed by atoms with Gasteiger partial charge in [-0.2, -0.15) is 0 Å². The SMILES string of the molecule is C[C@H]1CC(C)(C)OB(c2cccc3c(OCc4ccccc4)cccc23)O1. The third-order valence-electron chi connectivity index (χ3n) is 4.97. The van der Waals surface area contributed by atoms with Crippen molar-refractivity contribution in [2.75, 3.05) is 0 Å². The molecule has 3 aromatic rings. The fourth-order valence-corrected chi connectivity index (χ4v) is 3.83. The van der Waals surface area contributed by atoms with E-state index in [9.17, 15) is 0 Å². The number of hydrogen-bond acceptors (Lipinski definition) is 3. The smallest absolute Gasteiger partial charge is 0.488 e. The first-order chi connectivity index (χ1) is 13.0. The lowest BCUT2D eigenvalue weighted by molar-refractivity contribution is -0.0228. The zero-order valence-electron chi connectivity index (χ0n) is 16.1. The lowest BCUT2D eigenvalue weighted by atomic mass is 9.72. The molecular formula is C23H25BO3. The standard InChI is InChI=1S/C23H25BO3/c1-17-15-23(2,3)27-24(26-17)21-13-7-12-20-19(21)11-8-14-22(20)25-16-18-9-5-4-6-10-18/h4-14,17H,15-16H2,1-3H3/t17-/m0/s1. The Bertz CT molecular complexity index is 923. The molecule has 4 heteroatoms. The maximum atomic E-state index is 6.24. The molecule has 0 saturated carbocycles. The largest absolute Gasteiger partial charge is 0.495 e. The van der Waals surface area contributed by atoms with E-state index in [-0.39, 0.29) is 18.8 Å². The lowest BCUT2D eigenvalue weighted by Crippen LogP contribution is -2.51. The highest BCUT2D eigenvalue weighted by Crippen LogP contribution is 2.29. The fourth-order valence-electron chi connectivity index (χ4n) is 3.83. The van der Waals surface area contributed by atoms with Crippen molar-refractivity contribution in [2.24, 2.45) is 0 Å². The van der Waals surface area contributed by atoms with Crippen LogP contribution >= 0.6 is 0 Å². The number of fused-ring (bicyclic) bond motifs is 1. The Morgan fingerprint density at radius 3 is 2.48 bits per heavy atom. The van der Waals surface area contributed by atoms with Gasteiger partial charge in [-0.15, -0.1) is 0 Å². The molecule has 1 heterocycles. The van der Waals surface area contributed by atoms with E-state index >= 15 is 0 Å². The summed E-state index contributed by atoms with van der Waals surface area (Å²) in [7, 11) is -0.364. The van der Waals surface area contributed by atoms with Crippen molar-refractivity contribution in [3.05, 3.63) is 72.3 Å². The molecule has 0 spiro atoms. The van der Waals surface area contributed by atoms with Crippen molar-refractivity contribution < 1.29 is 14.0 Å². The Kier molecular flexibility index (Phi) is 4.94. The van der Waals surface area contributed by atoms with Crippen LogP contribution in [0.5, 0.6) is 5.75 Å². The topological polar surface area (TPSA) is 27.7 Å².